The second-order valence-corrected chi connectivity index (χ2v) is 8.77. The first kappa shape index (κ1) is 21.4. The number of benzene rings is 2. The molecule has 1 fully saturated rings. The highest BCUT2D eigenvalue weighted by Gasteiger charge is 2.39. The lowest BCUT2D eigenvalue weighted by Gasteiger charge is -2.42. The van der Waals surface area contributed by atoms with Gasteiger partial charge in [-0.15, -0.1) is 0 Å². The maximum atomic E-state index is 12.2. The van der Waals surface area contributed by atoms with Gasteiger partial charge in [0.2, 0.25) is 0 Å². The number of anilines is 1. The van der Waals surface area contributed by atoms with Crippen molar-refractivity contribution >= 4 is 17.4 Å². The molecule has 164 valence electrons. The molecule has 5 nitrogen and oxygen atoms in total. The van der Waals surface area contributed by atoms with E-state index in [2.05, 4.69) is 36.2 Å². The zero-order chi connectivity index (χ0) is 21.8. The van der Waals surface area contributed by atoms with Crippen LogP contribution >= 0.6 is 0 Å². The van der Waals surface area contributed by atoms with Gasteiger partial charge in [-0.1, -0.05) is 30.3 Å². The molecule has 2 atom stereocenters. The smallest absolute Gasteiger partial charge is 0.308 e. The number of fused-ring (bicyclic) bond motifs is 3. The molecule has 2 aliphatic rings. The SMILES string of the molecule is CC(=O)Oc1cc(OCCCCc2ccccc2)cc2c1[C@H]1CC(=O)CC[C@H]1CN2C. The highest BCUT2D eigenvalue weighted by Crippen LogP contribution is 2.50. The van der Waals surface area contributed by atoms with Gasteiger partial charge in [-0.25, -0.2) is 0 Å². The van der Waals surface area contributed by atoms with Gasteiger partial charge in [0, 0.05) is 62.7 Å². The Labute approximate surface area is 184 Å². The van der Waals surface area contributed by atoms with Crippen LogP contribution in [0, 0.1) is 5.92 Å². The molecule has 0 radical (unpaired) electrons. The molecule has 1 aliphatic carbocycles. The van der Waals surface area contributed by atoms with Crippen LogP contribution in [-0.4, -0.2) is 32.0 Å². The first-order valence-electron chi connectivity index (χ1n) is 11.3. The molecule has 0 spiro atoms. The number of Topliss-reactive ketones (excluding diaryl/α,β-unsaturated/α-hetero) is 1. The number of unbranched alkanes of at least 4 members (excludes halogenated alkanes) is 1. The lowest BCUT2D eigenvalue weighted by Crippen LogP contribution is -2.39. The van der Waals surface area contributed by atoms with Crippen LogP contribution in [0.5, 0.6) is 11.5 Å². The number of carbonyl (C=O) groups excluding carboxylic acids is 2. The van der Waals surface area contributed by atoms with E-state index in [1.165, 1.54) is 12.5 Å². The minimum atomic E-state index is -0.353. The molecule has 0 unspecified atom stereocenters. The van der Waals surface area contributed by atoms with E-state index in [0.29, 0.717) is 42.6 Å². The Morgan fingerprint density at radius 1 is 1.16 bits per heavy atom. The van der Waals surface area contributed by atoms with Gasteiger partial charge in [0.05, 0.1) is 6.61 Å². The third-order valence-electron chi connectivity index (χ3n) is 6.42. The van der Waals surface area contributed by atoms with Crippen LogP contribution in [0.3, 0.4) is 0 Å². The summed E-state index contributed by atoms with van der Waals surface area (Å²) in [5.41, 5.74) is 3.33. The van der Waals surface area contributed by atoms with Crippen LogP contribution in [0.2, 0.25) is 0 Å². The Kier molecular flexibility index (Phi) is 6.59. The second kappa shape index (κ2) is 9.54. The van der Waals surface area contributed by atoms with Crippen LogP contribution in [0.25, 0.3) is 0 Å². The van der Waals surface area contributed by atoms with E-state index in [9.17, 15) is 9.59 Å². The van der Waals surface area contributed by atoms with E-state index in [-0.39, 0.29) is 11.9 Å². The van der Waals surface area contributed by atoms with Gasteiger partial charge in [-0.3, -0.25) is 9.59 Å². The summed E-state index contributed by atoms with van der Waals surface area (Å²) in [5.74, 6) is 1.72. The minimum Gasteiger partial charge on any atom is -0.493 e. The Balaban J connectivity index is 1.48. The van der Waals surface area contributed by atoms with E-state index in [1.807, 2.05) is 18.2 Å². The van der Waals surface area contributed by atoms with E-state index in [1.54, 1.807) is 0 Å². The molecule has 31 heavy (non-hydrogen) atoms. The standard InChI is InChI=1S/C26H31NO4/c1-18(28)31-25-16-22(30-13-7-6-10-19-8-4-3-5-9-19)15-24-26(25)23-14-21(29)12-11-20(23)17-27(24)2/h3-5,8-9,15-16,20,23H,6-7,10-14,17H2,1-2H3/t20-,23-/m0/s1. The summed E-state index contributed by atoms with van der Waals surface area (Å²) in [5, 5.41) is 0. The summed E-state index contributed by atoms with van der Waals surface area (Å²) in [6.07, 6.45) is 5.11. The monoisotopic (exact) mass is 421 g/mol. The third kappa shape index (κ3) is 5.09. The molecular formula is C26H31NO4. The summed E-state index contributed by atoms with van der Waals surface area (Å²) in [6.45, 7) is 2.93. The summed E-state index contributed by atoms with van der Waals surface area (Å²) in [6, 6.07) is 14.3. The van der Waals surface area contributed by atoms with Crippen molar-refractivity contribution < 1.29 is 19.1 Å². The van der Waals surface area contributed by atoms with Gasteiger partial charge in [-0.2, -0.15) is 0 Å². The fraction of sp³-hybridized carbons (Fsp3) is 0.462. The molecule has 2 aromatic carbocycles. The molecule has 0 N–H and O–H groups in total. The quantitative estimate of drug-likeness (QED) is 0.361. The highest BCUT2D eigenvalue weighted by molar-refractivity contribution is 5.82. The fourth-order valence-corrected chi connectivity index (χ4v) is 4.93. The third-order valence-corrected chi connectivity index (χ3v) is 6.42. The average molecular weight is 422 g/mol. The molecule has 5 heteroatoms. The molecule has 0 bridgehead atoms. The number of esters is 1. The lowest BCUT2D eigenvalue weighted by molar-refractivity contribution is -0.131. The van der Waals surface area contributed by atoms with Crippen molar-refractivity contribution in [1.29, 1.82) is 0 Å². The molecular weight excluding hydrogens is 390 g/mol. The van der Waals surface area contributed by atoms with Gasteiger partial charge in [0.15, 0.2) is 0 Å². The van der Waals surface area contributed by atoms with Crippen molar-refractivity contribution in [2.45, 2.75) is 51.4 Å². The predicted molar refractivity (Wildman–Crippen MR) is 121 cm³/mol. The summed E-state index contributed by atoms with van der Waals surface area (Å²) >= 11 is 0. The van der Waals surface area contributed by atoms with Crippen LogP contribution in [0.4, 0.5) is 5.69 Å². The van der Waals surface area contributed by atoms with Gasteiger partial charge < -0.3 is 14.4 Å². The van der Waals surface area contributed by atoms with Gasteiger partial charge in [0.25, 0.3) is 0 Å². The minimum absolute atomic E-state index is 0.113. The van der Waals surface area contributed by atoms with E-state index in [0.717, 1.165) is 43.5 Å². The molecule has 1 heterocycles. The Morgan fingerprint density at radius 3 is 2.74 bits per heavy atom. The van der Waals surface area contributed by atoms with Crippen LogP contribution < -0.4 is 14.4 Å². The first-order chi connectivity index (χ1) is 15.0. The predicted octanol–water partition coefficient (Wildman–Crippen LogP) is 4.92. The number of nitrogens with zero attached hydrogens (tertiary/aromatic N) is 1. The van der Waals surface area contributed by atoms with Crippen molar-refractivity contribution in [1.82, 2.24) is 0 Å². The van der Waals surface area contributed by atoms with Gasteiger partial charge >= 0.3 is 5.97 Å². The van der Waals surface area contributed by atoms with Crippen molar-refractivity contribution in [3.63, 3.8) is 0 Å². The number of aryl methyl sites for hydroxylation is 1. The molecule has 4 rings (SSSR count). The number of hydrogen-bond acceptors (Lipinski definition) is 5. The zero-order valence-electron chi connectivity index (χ0n) is 18.4. The maximum absolute atomic E-state index is 12.2. The zero-order valence-corrected chi connectivity index (χ0v) is 18.4. The molecule has 1 aliphatic heterocycles. The fourth-order valence-electron chi connectivity index (χ4n) is 4.93. The van der Waals surface area contributed by atoms with Crippen molar-refractivity contribution in [3.8, 4) is 11.5 Å². The summed E-state index contributed by atoms with van der Waals surface area (Å²) in [7, 11) is 2.06. The Morgan fingerprint density at radius 2 is 1.97 bits per heavy atom. The summed E-state index contributed by atoms with van der Waals surface area (Å²) < 4.78 is 11.7. The molecule has 1 saturated carbocycles. The molecule has 0 aromatic heterocycles. The van der Waals surface area contributed by atoms with Crippen LogP contribution in [0.15, 0.2) is 42.5 Å². The van der Waals surface area contributed by atoms with Crippen LogP contribution in [0.1, 0.15) is 56.1 Å². The van der Waals surface area contributed by atoms with Gasteiger partial charge in [0.1, 0.15) is 17.3 Å². The molecule has 0 saturated heterocycles. The Bertz CT molecular complexity index is 940. The highest BCUT2D eigenvalue weighted by atomic mass is 16.5. The van der Waals surface area contributed by atoms with E-state index >= 15 is 0 Å². The van der Waals surface area contributed by atoms with Crippen molar-refractivity contribution in [2.75, 3.05) is 25.1 Å². The average Bonchev–Trinajstić information content (AvgIpc) is 2.74. The lowest BCUT2D eigenvalue weighted by atomic mass is 9.71. The number of ketones is 1. The molecule has 0 amide bonds. The topological polar surface area (TPSA) is 55.8 Å². The van der Waals surface area contributed by atoms with E-state index < -0.39 is 0 Å². The largest absolute Gasteiger partial charge is 0.493 e. The second-order valence-electron chi connectivity index (χ2n) is 8.77. The Hall–Kier alpha value is -2.82. The van der Waals surface area contributed by atoms with E-state index in [4.69, 9.17) is 9.47 Å². The number of rotatable bonds is 7. The number of carbonyl (C=O) groups is 2. The van der Waals surface area contributed by atoms with Crippen LogP contribution in [-0.2, 0) is 16.0 Å². The van der Waals surface area contributed by atoms with Gasteiger partial charge in [-0.05, 0) is 37.2 Å². The number of ether oxygens (including phenoxy) is 2. The van der Waals surface area contributed by atoms with Crippen molar-refractivity contribution in [3.05, 3.63) is 53.6 Å². The number of hydrogen-bond donors (Lipinski definition) is 0. The molecule has 2 aromatic rings. The maximum Gasteiger partial charge on any atom is 0.308 e. The first-order valence-corrected chi connectivity index (χ1v) is 11.3. The normalized spacial score (nSPS) is 20.1. The van der Waals surface area contributed by atoms with Crippen molar-refractivity contribution in [2.24, 2.45) is 5.92 Å². The summed E-state index contributed by atoms with van der Waals surface area (Å²) in [4.78, 5) is 26.2.